The molecule has 1 saturated heterocycles. The highest BCUT2D eigenvalue weighted by atomic mass is 16.5. The second kappa shape index (κ2) is 6.04. The second-order valence-corrected chi connectivity index (χ2v) is 5.98. The van der Waals surface area contributed by atoms with E-state index in [-0.39, 0.29) is 0 Å². The zero-order chi connectivity index (χ0) is 17.4. The molecule has 130 valence electrons. The van der Waals surface area contributed by atoms with Gasteiger partial charge in [0.2, 0.25) is 5.89 Å². The molecule has 1 unspecified atom stereocenters. The van der Waals surface area contributed by atoms with E-state index in [9.17, 15) is 9.90 Å². The van der Waals surface area contributed by atoms with Crippen LogP contribution in [0.15, 0.2) is 23.1 Å². The summed E-state index contributed by atoms with van der Waals surface area (Å²) >= 11 is 0. The lowest BCUT2D eigenvalue weighted by Crippen LogP contribution is -2.35. The van der Waals surface area contributed by atoms with Gasteiger partial charge in [-0.1, -0.05) is 0 Å². The van der Waals surface area contributed by atoms with E-state index in [2.05, 4.69) is 25.1 Å². The molecule has 0 aromatic carbocycles. The molecular weight excluding hydrogens is 326 g/mol. The first-order valence-electron chi connectivity index (χ1n) is 7.93. The van der Waals surface area contributed by atoms with Gasteiger partial charge in [0.05, 0.1) is 11.3 Å². The number of hydrogen-bond acceptors (Lipinski definition) is 8. The first-order valence-corrected chi connectivity index (χ1v) is 7.93. The fraction of sp³-hybridized carbons (Fsp3) is 0.400. The van der Waals surface area contributed by atoms with E-state index in [0.29, 0.717) is 38.0 Å². The summed E-state index contributed by atoms with van der Waals surface area (Å²) in [6.07, 6.45) is 3.28. The van der Waals surface area contributed by atoms with Crippen molar-refractivity contribution in [3.8, 4) is 0 Å². The van der Waals surface area contributed by atoms with Crippen LogP contribution < -0.4 is 9.80 Å². The number of fused-ring (bicyclic) bond motifs is 1. The molecule has 10 nitrogen and oxygen atoms in total. The van der Waals surface area contributed by atoms with Gasteiger partial charge in [-0.15, -0.1) is 0 Å². The number of aryl methyl sites for hydroxylation is 1. The number of aromatic nitrogens is 5. The molecule has 4 rings (SSSR count). The smallest absolute Gasteiger partial charge is 0.310 e. The summed E-state index contributed by atoms with van der Waals surface area (Å²) < 4.78 is 5.02. The van der Waals surface area contributed by atoms with E-state index in [4.69, 9.17) is 4.52 Å². The summed E-state index contributed by atoms with van der Waals surface area (Å²) in [6.45, 7) is 3.53. The fourth-order valence-corrected chi connectivity index (χ4v) is 3.07. The van der Waals surface area contributed by atoms with Crippen LogP contribution in [0.25, 0.3) is 11.0 Å². The highest BCUT2D eigenvalue weighted by molar-refractivity contribution is 5.87. The van der Waals surface area contributed by atoms with Crippen molar-refractivity contribution in [3.63, 3.8) is 0 Å². The van der Waals surface area contributed by atoms with Crippen LogP contribution in [0.3, 0.4) is 0 Å². The molecule has 1 aliphatic heterocycles. The Kier molecular flexibility index (Phi) is 3.71. The van der Waals surface area contributed by atoms with Crippen molar-refractivity contribution in [3.05, 3.63) is 24.5 Å². The highest BCUT2D eigenvalue weighted by Gasteiger charge is 2.31. The highest BCUT2D eigenvalue weighted by Crippen LogP contribution is 2.25. The van der Waals surface area contributed by atoms with Crippen LogP contribution in [0.2, 0.25) is 0 Å². The van der Waals surface area contributed by atoms with Gasteiger partial charge in [-0.3, -0.25) is 4.79 Å². The van der Waals surface area contributed by atoms with E-state index in [1.54, 1.807) is 13.1 Å². The van der Waals surface area contributed by atoms with E-state index >= 15 is 0 Å². The van der Waals surface area contributed by atoms with Crippen molar-refractivity contribution in [1.29, 1.82) is 0 Å². The summed E-state index contributed by atoms with van der Waals surface area (Å²) in [5.74, 6) is 0.123. The van der Waals surface area contributed by atoms with Crippen LogP contribution in [0.4, 0.5) is 11.8 Å². The number of H-pyrrole nitrogens is 1. The Morgan fingerprint density at radius 2 is 2.12 bits per heavy atom. The van der Waals surface area contributed by atoms with Crippen molar-refractivity contribution < 1.29 is 14.4 Å². The molecule has 4 heterocycles. The Morgan fingerprint density at radius 1 is 1.32 bits per heavy atom. The molecule has 0 radical (unpaired) electrons. The summed E-state index contributed by atoms with van der Waals surface area (Å²) in [5.41, 5.74) is 0.728. The minimum Gasteiger partial charge on any atom is -0.481 e. The number of aliphatic carboxylic acids is 1. The van der Waals surface area contributed by atoms with Crippen molar-refractivity contribution >= 4 is 28.8 Å². The number of aromatic amines is 1. The van der Waals surface area contributed by atoms with E-state index in [1.807, 2.05) is 15.9 Å². The summed E-state index contributed by atoms with van der Waals surface area (Å²) in [4.78, 5) is 31.4. The third kappa shape index (κ3) is 2.86. The van der Waals surface area contributed by atoms with Crippen molar-refractivity contribution in [2.45, 2.75) is 6.92 Å². The molecule has 0 amide bonds. The number of carboxylic acid groups (broad SMARTS) is 1. The van der Waals surface area contributed by atoms with Crippen LogP contribution in [-0.4, -0.2) is 62.3 Å². The number of rotatable bonds is 3. The van der Waals surface area contributed by atoms with E-state index < -0.39 is 11.9 Å². The minimum absolute atomic E-state index is 0.312. The SMILES string of the molecule is Cc1nc(N2CCN(c3ncnc4[nH]ccc34)CC(C(=O)O)C2)no1. The second-order valence-electron chi connectivity index (χ2n) is 5.98. The lowest BCUT2D eigenvalue weighted by molar-refractivity contribution is -0.141. The van der Waals surface area contributed by atoms with Crippen molar-refractivity contribution in [1.82, 2.24) is 25.1 Å². The van der Waals surface area contributed by atoms with Gasteiger partial charge >= 0.3 is 5.97 Å². The topological polar surface area (TPSA) is 124 Å². The minimum atomic E-state index is -0.864. The first-order chi connectivity index (χ1) is 12.1. The quantitative estimate of drug-likeness (QED) is 0.706. The molecule has 0 bridgehead atoms. The average molecular weight is 343 g/mol. The van der Waals surface area contributed by atoms with Gasteiger partial charge < -0.3 is 24.4 Å². The predicted octanol–water partition coefficient (Wildman–Crippen LogP) is 0.677. The summed E-state index contributed by atoms with van der Waals surface area (Å²) in [5, 5.41) is 14.4. The molecule has 10 heteroatoms. The maximum absolute atomic E-state index is 11.7. The monoisotopic (exact) mass is 343 g/mol. The average Bonchev–Trinajstić information content (AvgIpc) is 3.18. The molecule has 1 fully saturated rings. The van der Waals surface area contributed by atoms with Gasteiger partial charge in [0, 0.05) is 39.3 Å². The number of carboxylic acids is 1. The maximum atomic E-state index is 11.7. The molecule has 1 aliphatic rings. The zero-order valence-corrected chi connectivity index (χ0v) is 13.6. The standard InChI is InChI=1S/C15H17N7O3/c1-9-19-15(20-25-9)22-5-4-21(6-10(7-22)14(23)24)13-11-2-3-16-12(11)17-8-18-13/h2-3,8,10H,4-7H2,1H3,(H,23,24)(H,16,17,18). The van der Waals surface area contributed by atoms with Crippen molar-refractivity contribution in [2.24, 2.45) is 5.92 Å². The van der Waals surface area contributed by atoms with Crippen molar-refractivity contribution in [2.75, 3.05) is 36.0 Å². The summed E-state index contributed by atoms with van der Waals surface area (Å²) in [7, 11) is 0. The molecule has 0 aliphatic carbocycles. The Balaban J connectivity index is 1.66. The Labute approximate surface area is 142 Å². The van der Waals surface area contributed by atoms with Crippen LogP contribution in [0, 0.1) is 12.8 Å². The van der Waals surface area contributed by atoms with Gasteiger partial charge in [0.1, 0.15) is 17.8 Å². The molecule has 2 N–H and O–H groups in total. The van der Waals surface area contributed by atoms with Crippen LogP contribution >= 0.6 is 0 Å². The third-order valence-corrected chi connectivity index (χ3v) is 4.30. The molecule has 0 saturated carbocycles. The predicted molar refractivity (Wildman–Crippen MR) is 88.5 cm³/mol. The molecular formula is C15H17N7O3. The first kappa shape index (κ1) is 15.4. The lowest BCUT2D eigenvalue weighted by atomic mass is 10.1. The number of nitrogens with one attached hydrogen (secondary N) is 1. The Hall–Kier alpha value is -3.17. The van der Waals surface area contributed by atoms with Gasteiger partial charge in [-0.2, -0.15) is 4.98 Å². The molecule has 1 atom stereocenters. The fourth-order valence-electron chi connectivity index (χ4n) is 3.07. The normalized spacial score (nSPS) is 18.5. The number of anilines is 2. The largest absolute Gasteiger partial charge is 0.481 e. The van der Waals surface area contributed by atoms with E-state index in [1.165, 1.54) is 6.33 Å². The summed E-state index contributed by atoms with van der Waals surface area (Å²) in [6, 6.07) is 1.89. The van der Waals surface area contributed by atoms with Crippen LogP contribution in [0.1, 0.15) is 5.89 Å². The van der Waals surface area contributed by atoms with Gasteiger partial charge in [-0.25, -0.2) is 9.97 Å². The van der Waals surface area contributed by atoms with Gasteiger partial charge in [0.25, 0.3) is 5.95 Å². The Morgan fingerprint density at radius 3 is 2.88 bits per heavy atom. The maximum Gasteiger partial charge on any atom is 0.310 e. The van der Waals surface area contributed by atoms with Gasteiger partial charge in [-0.05, 0) is 11.2 Å². The molecule has 3 aromatic rings. The third-order valence-electron chi connectivity index (χ3n) is 4.30. The van der Waals surface area contributed by atoms with Crippen LogP contribution in [-0.2, 0) is 4.79 Å². The van der Waals surface area contributed by atoms with Crippen LogP contribution in [0.5, 0.6) is 0 Å². The number of nitrogens with zero attached hydrogens (tertiary/aromatic N) is 6. The Bertz CT molecular complexity index is 905. The zero-order valence-electron chi connectivity index (χ0n) is 13.6. The number of carbonyl (C=O) groups is 1. The number of hydrogen-bond donors (Lipinski definition) is 2. The molecule has 0 spiro atoms. The van der Waals surface area contributed by atoms with Gasteiger partial charge in [0.15, 0.2) is 0 Å². The molecule has 25 heavy (non-hydrogen) atoms. The van der Waals surface area contributed by atoms with E-state index in [0.717, 1.165) is 16.9 Å². The molecule has 3 aromatic heterocycles. The lowest BCUT2D eigenvalue weighted by Gasteiger charge is -2.23.